The first-order valence-electron chi connectivity index (χ1n) is 12.4. The van der Waals surface area contributed by atoms with Gasteiger partial charge in [-0.1, -0.05) is 41.4 Å². The van der Waals surface area contributed by atoms with Crippen molar-refractivity contribution in [2.75, 3.05) is 28.3 Å². The van der Waals surface area contributed by atoms with Crippen molar-refractivity contribution in [1.82, 2.24) is 10.6 Å². The molecule has 3 aromatic carbocycles. The zero-order chi connectivity index (χ0) is 28.2. The molecule has 0 radical (unpaired) electrons. The van der Waals surface area contributed by atoms with Crippen molar-refractivity contribution >= 4 is 63.8 Å². The number of amidine groups is 1. The summed E-state index contributed by atoms with van der Waals surface area (Å²) in [7, 11) is 0. The zero-order valence-corrected chi connectivity index (χ0v) is 23.2. The van der Waals surface area contributed by atoms with E-state index < -0.39 is 23.4 Å². The first-order valence-corrected chi connectivity index (χ1v) is 13.1. The topological polar surface area (TPSA) is 106 Å². The van der Waals surface area contributed by atoms with Crippen LogP contribution in [-0.4, -0.2) is 42.3 Å². The van der Waals surface area contributed by atoms with Crippen LogP contribution in [-0.2, 0) is 9.59 Å². The summed E-state index contributed by atoms with van der Waals surface area (Å²) in [5, 5.41) is 14.5. The van der Waals surface area contributed by atoms with Gasteiger partial charge >= 0.3 is 5.91 Å². The summed E-state index contributed by atoms with van der Waals surface area (Å²) in [5.41, 5.74) is 0.131. The molecule has 0 spiro atoms. The summed E-state index contributed by atoms with van der Waals surface area (Å²) in [6.07, 6.45) is 0. The van der Waals surface area contributed by atoms with Crippen LogP contribution in [0.2, 0.25) is 10.0 Å². The Morgan fingerprint density at radius 2 is 1.64 bits per heavy atom. The number of anilines is 3. The predicted molar refractivity (Wildman–Crippen MR) is 155 cm³/mol. The Hall–Kier alpha value is -4.08. The molecular formula is C28H28Cl2N6O3. The summed E-state index contributed by atoms with van der Waals surface area (Å²) in [4.78, 5) is 41.9. The lowest BCUT2D eigenvalue weighted by atomic mass is 10.1. The standard InChI is InChI=1S/C28H28Cl2N6O3/c1-4-35(5-2)22-14-12-21(13-15-22)33-28(32-18(3)37)26(31-25(38)19-9-7-6-8-10-19)34-36(27(28)39)24-16-11-20(29)17-23(24)30/h6-17,33H,4-5H2,1-3H3,(H,32,37)(H,31,34,38). The number of benzene rings is 3. The van der Waals surface area contributed by atoms with Gasteiger partial charge in [0.2, 0.25) is 5.91 Å². The lowest BCUT2D eigenvalue weighted by Gasteiger charge is -2.32. The molecule has 4 rings (SSSR count). The molecule has 9 nitrogen and oxygen atoms in total. The van der Waals surface area contributed by atoms with Gasteiger partial charge in [-0.05, 0) is 68.4 Å². The molecule has 1 aliphatic heterocycles. The van der Waals surface area contributed by atoms with E-state index in [0.717, 1.165) is 23.8 Å². The molecule has 11 heteroatoms. The minimum Gasteiger partial charge on any atom is -0.372 e. The molecule has 1 heterocycles. The number of carbonyl (C=O) groups excluding carboxylic acids is 3. The second kappa shape index (κ2) is 11.8. The first kappa shape index (κ1) is 27.9. The zero-order valence-electron chi connectivity index (χ0n) is 21.7. The van der Waals surface area contributed by atoms with Crippen LogP contribution < -0.4 is 25.9 Å². The summed E-state index contributed by atoms with van der Waals surface area (Å²) in [6.45, 7) is 7.06. The number of hydrogen-bond donors (Lipinski definition) is 3. The molecule has 3 N–H and O–H groups in total. The van der Waals surface area contributed by atoms with E-state index in [9.17, 15) is 14.4 Å². The van der Waals surface area contributed by atoms with Crippen molar-refractivity contribution in [2.24, 2.45) is 5.10 Å². The van der Waals surface area contributed by atoms with E-state index in [0.29, 0.717) is 16.3 Å². The van der Waals surface area contributed by atoms with Crippen LogP contribution in [0.3, 0.4) is 0 Å². The number of amides is 3. The predicted octanol–water partition coefficient (Wildman–Crippen LogP) is 4.87. The molecular weight excluding hydrogens is 539 g/mol. The van der Waals surface area contributed by atoms with E-state index in [-0.39, 0.29) is 16.5 Å². The van der Waals surface area contributed by atoms with Gasteiger partial charge in [0.15, 0.2) is 5.84 Å². The molecule has 1 atom stereocenters. The Morgan fingerprint density at radius 3 is 2.23 bits per heavy atom. The van der Waals surface area contributed by atoms with Gasteiger partial charge in [0, 0.05) is 42.0 Å². The summed E-state index contributed by atoms with van der Waals surface area (Å²) >= 11 is 12.5. The van der Waals surface area contributed by atoms with Gasteiger partial charge < -0.3 is 20.9 Å². The van der Waals surface area contributed by atoms with Crippen molar-refractivity contribution in [3.05, 3.63) is 88.4 Å². The number of nitrogens with one attached hydrogen (secondary N) is 3. The maximum absolute atomic E-state index is 14.1. The van der Waals surface area contributed by atoms with Gasteiger partial charge in [0.25, 0.3) is 11.6 Å². The van der Waals surface area contributed by atoms with Crippen LogP contribution in [0, 0.1) is 0 Å². The highest BCUT2D eigenvalue weighted by Gasteiger charge is 2.54. The Kier molecular flexibility index (Phi) is 8.42. The molecule has 0 bridgehead atoms. The molecule has 0 fully saturated rings. The van der Waals surface area contributed by atoms with E-state index >= 15 is 0 Å². The number of halogens is 2. The molecule has 39 heavy (non-hydrogen) atoms. The van der Waals surface area contributed by atoms with Crippen LogP contribution in [0.15, 0.2) is 77.9 Å². The minimum atomic E-state index is -1.95. The van der Waals surface area contributed by atoms with Gasteiger partial charge in [-0.3, -0.25) is 14.4 Å². The highest BCUT2D eigenvalue weighted by atomic mass is 35.5. The normalized spacial score (nSPS) is 16.5. The average Bonchev–Trinajstić information content (AvgIpc) is 3.16. The highest BCUT2D eigenvalue weighted by Crippen LogP contribution is 2.34. The Balaban J connectivity index is 1.79. The van der Waals surface area contributed by atoms with Crippen molar-refractivity contribution in [2.45, 2.75) is 26.4 Å². The molecule has 0 aliphatic carbocycles. The van der Waals surface area contributed by atoms with Crippen LogP contribution in [0.25, 0.3) is 0 Å². The monoisotopic (exact) mass is 566 g/mol. The SMILES string of the molecule is CCN(CC)c1ccc(NC2(NC(C)=O)C(=O)N(c3ccc(Cl)cc3Cl)N=C2NC(=O)c2ccccc2)cc1. The Labute approximate surface area is 236 Å². The smallest absolute Gasteiger partial charge is 0.302 e. The maximum Gasteiger partial charge on any atom is 0.302 e. The van der Waals surface area contributed by atoms with Gasteiger partial charge in [-0.15, -0.1) is 5.10 Å². The van der Waals surface area contributed by atoms with Crippen molar-refractivity contribution in [3.63, 3.8) is 0 Å². The van der Waals surface area contributed by atoms with Gasteiger partial charge in [0.05, 0.1) is 10.7 Å². The van der Waals surface area contributed by atoms with Crippen LogP contribution in [0.4, 0.5) is 17.1 Å². The third-order valence-electron chi connectivity index (χ3n) is 6.17. The molecule has 0 aromatic heterocycles. The van der Waals surface area contributed by atoms with Crippen molar-refractivity contribution in [1.29, 1.82) is 0 Å². The quantitative estimate of drug-likeness (QED) is 0.337. The van der Waals surface area contributed by atoms with Crippen molar-refractivity contribution < 1.29 is 14.4 Å². The lowest BCUT2D eigenvalue weighted by molar-refractivity contribution is -0.127. The van der Waals surface area contributed by atoms with Crippen LogP contribution >= 0.6 is 23.2 Å². The minimum absolute atomic E-state index is 0.129. The van der Waals surface area contributed by atoms with E-state index in [1.165, 1.54) is 19.1 Å². The molecule has 1 unspecified atom stereocenters. The first-order chi connectivity index (χ1) is 18.7. The molecule has 1 aliphatic rings. The largest absolute Gasteiger partial charge is 0.372 e. The fraction of sp³-hybridized carbons (Fsp3) is 0.214. The number of rotatable bonds is 8. The molecule has 202 valence electrons. The average molecular weight is 567 g/mol. The number of hydrazone groups is 1. The summed E-state index contributed by atoms with van der Waals surface area (Å²) in [5.74, 6) is -1.85. The fourth-order valence-electron chi connectivity index (χ4n) is 4.27. The third kappa shape index (κ3) is 5.84. The van der Waals surface area contributed by atoms with Crippen LogP contribution in [0.5, 0.6) is 0 Å². The van der Waals surface area contributed by atoms with Gasteiger partial charge in [-0.25, -0.2) is 0 Å². The highest BCUT2D eigenvalue weighted by molar-refractivity contribution is 6.38. The van der Waals surface area contributed by atoms with Crippen LogP contribution in [0.1, 0.15) is 31.1 Å². The second-order valence-corrected chi connectivity index (χ2v) is 9.60. The Bertz CT molecular complexity index is 1410. The third-order valence-corrected chi connectivity index (χ3v) is 6.70. The van der Waals surface area contributed by atoms with E-state index in [4.69, 9.17) is 23.2 Å². The summed E-state index contributed by atoms with van der Waals surface area (Å²) in [6, 6.07) is 20.4. The number of hydrogen-bond acceptors (Lipinski definition) is 6. The molecule has 0 saturated heterocycles. The molecule has 3 amide bonds. The van der Waals surface area contributed by atoms with E-state index in [1.54, 1.807) is 48.5 Å². The maximum atomic E-state index is 14.1. The second-order valence-electron chi connectivity index (χ2n) is 8.76. The number of nitrogens with zero attached hydrogens (tertiary/aromatic N) is 3. The van der Waals surface area contributed by atoms with E-state index in [1.807, 2.05) is 12.1 Å². The van der Waals surface area contributed by atoms with E-state index in [2.05, 4.69) is 39.8 Å². The molecule has 3 aromatic rings. The molecule has 0 saturated carbocycles. The Morgan fingerprint density at radius 1 is 0.974 bits per heavy atom. The van der Waals surface area contributed by atoms with Gasteiger partial charge in [0.1, 0.15) is 0 Å². The summed E-state index contributed by atoms with van der Waals surface area (Å²) < 4.78 is 0. The van der Waals surface area contributed by atoms with Crippen molar-refractivity contribution in [3.8, 4) is 0 Å². The number of carbonyl (C=O) groups is 3. The van der Waals surface area contributed by atoms with Gasteiger partial charge in [-0.2, -0.15) is 5.01 Å². The lowest BCUT2D eigenvalue weighted by Crippen LogP contribution is -2.67. The fourth-order valence-corrected chi connectivity index (χ4v) is 4.75.